The number of carbonyl (C=O) groups is 2. The Labute approximate surface area is 225 Å². The summed E-state index contributed by atoms with van der Waals surface area (Å²) in [5, 5.41) is 9.95. The van der Waals surface area contributed by atoms with Crippen LogP contribution in [-0.4, -0.2) is 46.2 Å². The van der Waals surface area contributed by atoms with Gasteiger partial charge in [-0.25, -0.2) is 0 Å². The van der Waals surface area contributed by atoms with Crippen LogP contribution in [-0.2, 0) is 14.3 Å². The van der Waals surface area contributed by atoms with Gasteiger partial charge in [-0.2, -0.15) is 0 Å². The second kappa shape index (κ2) is 11.3. The zero-order valence-electron chi connectivity index (χ0n) is 24.0. The second-order valence-electron chi connectivity index (χ2n) is 14.4. The monoisotopic (exact) mass is 515 g/mol. The van der Waals surface area contributed by atoms with E-state index in [1.807, 2.05) is 0 Å². The van der Waals surface area contributed by atoms with E-state index in [9.17, 15) is 14.7 Å². The summed E-state index contributed by atoms with van der Waals surface area (Å²) in [6.07, 6.45) is 15.9. The van der Waals surface area contributed by atoms with E-state index < -0.39 is 0 Å². The van der Waals surface area contributed by atoms with E-state index in [0.29, 0.717) is 17.9 Å². The van der Waals surface area contributed by atoms with E-state index in [1.54, 1.807) is 4.90 Å². The van der Waals surface area contributed by atoms with Crippen LogP contribution in [0.2, 0.25) is 0 Å². The number of likely N-dealkylation sites (tertiary alicyclic amines) is 1. The lowest BCUT2D eigenvalue weighted by Crippen LogP contribution is -2.45. The van der Waals surface area contributed by atoms with Gasteiger partial charge in [0.2, 0.25) is 11.8 Å². The highest BCUT2D eigenvalue weighted by atomic mass is 16.5. The maximum absolute atomic E-state index is 13.6. The lowest BCUT2D eigenvalue weighted by Gasteiger charge is -2.47. The van der Waals surface area contributed by atoms with Crippen molar-refractivity contribution in [2.45, 2.75) is 148 Å². The molecule has 1 saturated heterocycles. The number of carbonyl (C=O) groups excluding carboxylic acids is 2. The minimum absolute atomic E-state index is 0.0940. The normalized spacial score (nSPS) is 41.8. The number of hydrogen-bond donors (Lipinski definition) is 1. The van der Waals surface area contributed by atoms with Crippen LogP contribution in [0.4, 0.5) is 0 Å². The van der Waals surface area contributed by atoms with Crippen LogP contribution < -0.4 is 0 Å². The Hall–Kier alpha value is -0.940. The largest absolute Gasteiger partial charge is 0.393 e. The maximum Gasteiger partial charge on any atom is 0.233 e. The lowest BCUT2D eigenvalue weighted by molar-refractivity contribution is -0.144. The number of hydrogen-bond acceptors (Lipinski definition) is 4. The van der Waals surface area contributed by atoms with E-state index in [4.69, 9.17) is 4.74 Å². The van der Waals surface area contributed by atoms with Gasteiger partial charge < -0.3 is 9.84 Å². The van der Waals surface area contributed by atoms with Gasteiger partial charge in [0.1, 0.15) is 0 Å². The van der Waals surface area contributed by atoms with Crippen molar-refractivity contribution in [2.24, 2.45) is 40.9 Å². The molecular weight excluding hydrogens is 462 g/mol. The fraction of sp³-hybridized carbons (Fsp3) is 0.938. The SMILES string of the molecule is CC(C)C1CCC(OC2CCC3C(=O)N(C4CCC(C(C)(C)C5CCC(O)CC5)CC4)C(=O)C3C2)CC1. The number of fused-ring (bicyclic) bond motifs is 1. The quantitative estimate of drug-likeness (QED) is 0.410. The molecular formula is C32H53NO4. The number of aliphatic hydroxyl groups excluding tert-OH is 1. The van der Waals surface area contributed by atoms with Crippen molar-refractivity contribution < 1.29 is 19.4 Å². The van der Waals surface area contributed by atoms with Crippen molar-refractivity contribution in [3.8, 4) is 0 Å². The Morgan fingerprint density at radius 2 is 1.27 bits per heavy atom. The molecule has 5 nitrogen and oxygen atoms in total. The van der Waals surface area contributed by atoms with Crippen LogP contribution in [0, 0.1) is 40.9 Å². The molecule has 4 saturated carbocycles. The van der Waals surface area contributed by atoms with Gasteiger partial charge in [0.05, 0.1) is 30.1 Å². The predicted octanol–water partition coefficient (Wildman–Crippen LogP) is 6.51. The first-order chi connectivity index (χ1) is 17.6. The Kier molecular flexibility index (Phi) is 8.42. The highest BCUT2D eigenvalue weighted by molar-refractivity contribution is 6.05. The number of rotatable bonds is 6. The van der Waals surface area contributed by atoms with Gasteiger partial charge in [-0.3, -0.25) is 14.5 Å². The number of aliphatic hydroxyl groups is 1. The molecule has 0 aromatic carbocycles. The first-order valence-electron chi connectivity index (χ1n) is 15.9. The van der Waals surface area contributed by atoms with E-state index in [-0.39, 0.29) is 47.3 Å². The molecule has 2 amide bonds. The number of nitrogens with zero attached hydrogens (tertiary/aromatic N) is 1. The molecule has 5 rings (SSSR count). The maximum atomic E-state index is 13.6. The summed E-state index contributed by atoms with van der Waals surface area (Å²) in [6, 6.07) is 0.0940. The summed E-state index contributed by atoms with van der Waals surface area (Å²) < 4.78 is 6.55. The highest BCUT2D eigenvalue weighted by Crippen LogP contribution is 2.50. The highest BCUT2D eigenvalue weighted by Gasteiger charge is 2.53. The van der Waals surface area contributed by atoms with Crippen LogP contribution in [0.5, 0.6) is 0 Å². The molecule has 3 atom stereocenters. The van der Waals surface area contributed by atoms with Crippen LogP contribution in [0.25, 0.3) is 0 Å². The van der Waals surface area contributed by atoms with Crippen LogP contribution in [0.1, 0.15) is 124 Å². The molecule has 5 fully saturated rings. The Balaban J connectivity index is 1.13. The molecule has 3 unspecified atom stereocenters. The number of imide groups is 1. The molecule has 4 aliphatic carbocycles. The molecule has 0 spiro atoms. The van der Waals surface area contributed by atoms with Gasteiger partial charge >= 0.3 is 0 Å². The summed E-state index contributed by atoms with van der Waals surface area (Å²) in [5.74, 6) is 2.87. The van der Waals surface area contributed by atoms with E-state index in [0.717, 1.165) is 95.3 Å². The minimum atomic E-state index is -0.152. The average molecular weight is 516 g/mol. The summed E-state index contributed by atoms with van der Waals surface area (Å²) in [4.78, 5) is 28.8. The molecule has 0 bridgehead atoms. The lowest BCUT2D eigenvalue weighted by atomic mass is 9.60. The third-order valence-electron chi connectivity index (χ3n) is 11.8. The van der Waals surface area contributed by atoms with Crippen molar-refractivity contribution in [2.75, 3.05) is 0 Å². The van der Waals surface area contributed by atoms with Gasteiger partial charge in [0.15, 0.2) is 0 Å². The first kappa shape index (κ1) is 27.6. The topological polar surface area (TPSA) is 66.8 Å². The third-order valence-corrected chi connectivity index (χ3v) is 11.8. The van der Waals surface area contributed by atoms with Gasteiger partial charge in [-0.05, 0) is 125 Å². The Bertz CT molecular complexity index is 800. The Morgan fingerprint density at radius 3 is 1.86 bits per heavy atom. The zero-order chi connectivity index (χ0) is 26.3. The van der Waals surface area contributed by atoms with Gasteiger partial charge in [-0.1, -0.05) is 27.7 Å². The third kappa shape index (κ3) is 5.69. The summed E-state index contributed by atoms with van der Waals surface area (Å²) >= 11 is 0. The molecule has 1 aliphatic heterocycles. The molecule has 5 heteroatoms. The minimum Gasteiger partial charge on any atom is -0.393 e. The molecule has 1 N–H and O–H groups in total. The molecule has 5 aliphatic rings. The van der Waals surface area contributed by atoms with Crippen LogP contribution in [0.15, 0.2) is 0 Å². The Morgan fingerprint density at radius 1 is 0.730 bits per heavy atom. The molecule has 37 heavy (non-hydrogen) atoms. The zero-order valence-corrected chi connectivity index (χ0v) is 24.0. The smallest absolute Gasteiger partial charge is 0.233 e. The molecule has 0 aromatic rings. The fourth-order valence-electron chi connectivity index (χ4n) is 9.04. The first-order valence-corrected chi connectivity index (χ1v) is 15.9. The van der Waals surface area contributed by atoms with Crippen LogP contribution >= 0.6 is 0 Å². The number of amides is 2. The van der Waals surface area contributed by atoms with E-state index >= 15 is 0 Å². The summed E-state index contributed by atoms with van der Waals surface area (Å²) in [7, 11) is 0. The van der Waals surface area contributed by atoms with Crippen LogP contribution in [0.3, 0.4) is 0 Å². The van der Waals surface area contributed by atoms with Crippen molar-refractivity contribution in [3.05, 3.63) is 0 Å². The van der Waals surface area contributed by atoms with Crippen molar-refractivity contribution in [3.63, 3.8) is 0 Å². The van der Waals surface area contributed by atoms with E-state index in [2.05, 4.69) is 27.7 Å². The average Bonchev–Trinajstić information content (AvgIpc) is 3.14. The molecule has 0 aromatic heterocycles. The fourth-order valence-corrected chi connectivity index (χ4v) is 9.04. The van der Waals surface area contributed by atoms with E-state index in [1.165, 1.54) is 12.8 Å². The van der Waals surface area contributed by atoms with Crippen molar-refractivity contribution >= 4 is 11.8 Å². The predicted molar refractivity (Wildman–Crippen MR) is 146 cm³/mol. The molecule has 1 heterocycles. The second-order valence-corrected chi connectivity index (χ2v) is 14.4. The van der Waals surface area contributed by atoms with Crippen molar-refractivity contribution in [1.82, 2.24) is 4.90 Å². The molecule has 210 valence electrons. The summed E-state index contributed by atoms with van der Waals surface area (Å²) in [6.45, 7) is 9.52. The summed E-state index contributed by atoms with van der Waals surface area (Å²) in [5.41, 5.74) is 0.261. The van der Waals surface area contributed by atoms with Gasteiger partial charge in [0, 0.05) is 6.04 Å². The molecule has 0 radical (unpaired) electrons. The van der Waals surface area contributed by atoms with Crippen molar-refractivity contribution in [1.29, 1.82) is 0 Å². The van der Waals surface area contributed by atoms with Gasteiger partial charge in [-0.15, -0.1) is 0 Å². The van der Waals surface area contributed by atoms with Gasteiger partial charge in [0.25, 0.3) is 0 Å². The standard InChI is InChI=1S/C32H53NO4/c1-20(2)21-5-15-26(16-6-21)37-27-17-18-28-29(19-27)31(36)33(30(28)35)24-11-7-22(8-12-24)32(3,4)23-9-13-25(34)14-10-23/h20-29,34H,5-19H2,1-4H3. The number of ether oxygens (including phenoxy) is 1.